The van der Waals surface area contributed by atoms with E-state index in [1.54, 1.807) is 6.07 Å². The predicted molar refractivity (Wildman–Crippen MR) is 127 cm³/mol. The molecule has 2 aromatic carbocycles. The summed E-state index contributed by atoms with van der Waals surface area (Å²) in [5, 5.41) is 1.18. The number of hydrogen-bond acceptors (Lipinski definition) is 5. The molecule has 0 bridgehead atoms. The molecule has 6 heteroatoms. The second-order valence-corrected chi connectivity index (χ2v) is 10.7. The third-order valence-corrected chi connectivity index (χ3v) is 7.98. The summed E-state index contributed by atoms with van der Waals surface area (Å²) in [5.41, 5.74) is 18.1. The lowest BCUT2D eigenvalue weighted by Crippen LogP contribution is -2.54. The van der Waals surface area contributed by atoms with Gasteiger partial charge in [-0.15, -0.1) is 0 Å². The minimum absolute atomic E-state index is 0.0484. The van der Waals surface area contributed by atoms with Gasteiger partial charge < -0.3 is 25.5 Å². The predicted octanol–water partition coefficient (Wildman–Crippen LogP) is 4.21. The number of benzene rings is 2. The van der Waals surface area contributed by atoms with E-state index >= 15 is 0 Å². The fourth-order valence-electron chi connectivity index (χ4n) is 6.26. The van der Waals surface area contributed by atoms with Gasteiger partial charge in [0.2, 0.25) is 0 Å². The maximum absolute atomic E-state index is 12.4. The fourth-order valence-corrected chi connectivity index (χ4v) is 6.26. The van der Waals surface area contributed by atoms with E-state index in [0.29, 0.717) is 23.8 Å². The van der Waals surface area contributed by atoms with Crippen LogP contribution in [0.1, 0.15) is 65.8 Å². The summed E-state index contributed by atoms with van der Waals surface area (Å²) >= 11 is 0. The molecule has 1 fully saturated rings. The third kappa shape index (κ3) is 2.83. The van der Waals surface area contributed by atoms with Gasteiger partial charge in [0.15, 0.2) is 0 Å². The first-order valence-corrected chi connectivity index (χ1v) is 11.8. The average molecular weight is 446 g/mol. The molecule has 1 aliphatic heterocycles. The molecule has 3 atom stereocenters. The number of methoxy groups -OCH3 is 1. The quantitative estimate of drug-likeness (QED) is 0.587. The minimum Gasteiger partial charge on any atom is -0.493 e. The monoisotopic (exact) mass is 445 g/mol. The van der Waals surface area contributed by atoms with E-state index in [4.69, 9.17) is 20.9 Å². The zero-order valence-electron chi connectivity index (χ0n) is 19.4. The summed E-state index contributed by atoms with van der Waals surface area (Å²) in [6.45, 7) is 5.86. The first-order chi connectivity index (χ1) is 15.8. The van der Waals surface area contributed by atoms with Crippen molar-refractivity contribution in [3.8, 4) is 5.75 Å². The smallest absolute Gasteiger partial charge is 0.337 e. The van der Waals surface area contributed by atoms with Crippen molar-refractivity contribution in [1.82, 2.24) is 4.57 Å². The molecule has 4 N–H and O–H groups in total. The number of nitrogens with zero attached hydrogens (tertiary/aromatic N) is 1. The van der Waals surface area contributed by atoms with Crippen molar-refractivity contribution < 1.29 is 14.3 Å². The number of fused-ring (bicyclic) bond motifs is 1. The SMILES string of the molecule is COC(=O)c1cc2c3c(c1)C(N)[C@](N)(c1cc4ccccc4n1CC1CC1)C3C(C)(C)CO2. The zero-order chi connectivity index (χ0) is 23.1. The van der Waals surface area contributed by atoms with Crippen molar-refractivity contribution in [3.05, 3.63) is 64.8 Å². The van der Waals surface area contributed by atoms with Crippen LogP contribution in [0.15, 0.2) is 42.5 Å². The number of carbonyl (C=O) groups is 1. The number of carbonyl (C=O) groups excluding carboxylic acids is 1. The number of rotatable bonds is 4. The maximum atomic E-state index is 12.4. The Hall–Kier alpha value is -2.83. The lowest BCUT2D eigenvalue weighted by atomic mass is 9.65. The molecule has 0 saturated heterocycles. The van der Waals surface area contributed by atoms with Gasteiger partial charge >= 0.3 is 5.97 Å². The normalized spacial score (nSPS) is 27.3. The summed E-state index contributed by atoms with van der Waals surface area (Å²) < 4.78 is 13.6. The standard InChI is InChI=1S/C27H31N3O3/c1-26(2)14-33-20-11-17(25(31)32-3)10-18-22(20)23(26)27(29,24(18)28)21-12-16-6-4-5-7-19(16)30(21)13-15-8-9-15/h4-7,10-12,15,23-24H,8-9,13-14,28-29H2,1-3H3/t23?,24?,27-/m0/s1. The van der Waals surface area contributed by atoms with E-state index in [9.17, 15) is 4.79 Å². The van der Waals surface area contributed by atoms with Gasteiger partial charge in [0.25, 0.3) is 0 Å². The van der Waals surface area contributed by atoms with Crippen LogP contribution in [0.5, 0.6) is 5.75 Å². The highest BCUT2D eigenvalue weighted by Crippen LogP contribution is 2.63. The van der Waals surface area contributed by atoms with Gasteiger partial charge in [0, 0.05) is 34.7 Å². The molecule has 33 heavy (non-hydrogen) atoms. The van der Waals surface area contributed by atoms with E-state index in [2.05, 4.69) is 48.7 Å². The molecule has 2 heterocycles. The van der Waals surface area contributed by atoms with Gasteiger partial charge in [-0.3, -0.25) is 0 Å². The second kappa shape index (κ2) is 6.84. The van der Waals surface area contributed by atoms with Crippen LogP contribution in [0, 0.1) is 11.3 Å². The van der Waals surface area contributed by atoms with Crippen LogP contribution in [-0.4, -0.2) is 24.3 Å². The Balaban J connectivity index is 1.61. The van der Waals surface area contributed by atoms with E-state index in [1.807, 2.05) is 6.07 Å². The molecule has 3 aliphatic rings. The molecule has 0 spiro atoms. The summed E-state index contributed by atoms with van der Waals surface area (Å²) in [6.07, 6.45) is 2.51. The Morgan fingerprint density at radius 1 is 1.21 bits per heavy atom. The van der Waals surface area contributed by atoms with Crippen molar-refractivity contribution >= 4 is 16.9 Å². The highest BCUT2D eigenvalue weighted by Gasteiger charge is 2.60. The average Bonchev–Trinajstić information content (AvgIpc) is 3.50. The maximum Gasteiger partial charge on any atom is 0.337 e. The Morgan fingerprint density at radius 3 is 2.70 bits per heavy atom. The van der Waals surface area contributed by atoms with E-state index in [-0.39, 0.29) is 11.3 Å². The summed E-state index contributed by atoms with van der Waals surface area (Å²) in [5.74, 6) is 0.938. The van der Waals surface area contributed by atoms with Gasteiger partial charge in [-0.25, -0.2) is 4.79 Å². The Morgan fingerprint density at radius 2 is 1.97 bits per heavy atom. The molecule has 1 saturated carbocycles. The molecular weight excluding hydrogens is 414 g/mol. The number of hydrogen-bond donors (Lipinski definition) is 2. The van der Waals surface area contributed by atoms with Crippen molar-refractivity contribution in [3.63, 3.8) is 0 Å². The van der Waals surface area contributed by atoms with E-state index < -0.39 is 17.6 Å². The molecule has 6 nitrogen and oxygen atoms in total. The second-order valence-electron chi connectivity index (χ2n) is 10.7. The summed E-state index contributed by atoms with van der Waals surface area (Å²) in [6, 6.07) is 13.9. The van der Waals surface area contributed by atoms with Crippen molar-refractivity contribution in [2.45, 2.75) is 50.7 Å². The van der Waals surface area contributed by atoms with Gasteiger partial charge in [-0.05, 0) is 54.0 Å². The van der Waals surface area contributed by atoms with Crippen LogP contribution in [0.2, 0.25) is 0 Å². The lowest BCUT2D eigenvalue weighted by Gasteiger charge is -2.46. The van der Waals surface area contributed by atoms with Crippen molar-refractivity contribution in [2.75, 3.05) is 13.7 Å². The van der Waals surface area contributed by atoms with Crippen LogP contribution >= 0.6 is 0 Å². The number of esters is 1. The summed E-state index contributed by atoms with van der Waals surface area (Å²) in [7, 11) is 1.39. The highest BCUT2D eigenvalue weighted by molar-refractivity contribution is 5.91. The first kappa shape index (κ1) is 20.8. The number of aromatic nitrogens is 1. The van der Waals surface area contributed by atoms with Gasteiger partial charge in [-0.2, -0.15) is 0 Å². The minimum atomic E-state index is -0.840. The van der Waals surface area contributed by atoms with Gasteiger partial charge in [0.05, 0.1) is 30.9 Å². The molecule has 172 valence electrons. The number of nitrogens with two attached hydrogens (primary N) is 2. The molecule has 0 radical (unpaired) electrons. The number of para-hydroxylation sites is 1. The molecule has 2 unspecified atom stereocenters. The topological polar surface area (TPSA) is 92.5 Å². The van der Waals surface area contributed by atoms with Crippen molar-refractivity contribution in [1.29, 1.82) is 0 Å². The zero-order valence-corrected chi connectivity index (χ0v) is 19.4. The number of ether oxygens (including phenoxy) is 2. The molecule has 0 amide bonds. The van der Waals surface area contributed by atoms with Crippen LogP contribution < -0.4 is 16.2 Å². The van der Waals surface area contributed by atoms with Crippen LogP contribution in [-0.2, 0) is 16.8 Å². The van der Waals surface area contributed by atoms with Gasteiger partial charge in [-0.1, -0.05) is 32.0 Å². The lowest BCUT2D eigenvalue weighted by molar-refractivity contribution is 0.0598. The van der Waals surface area contributed by atoms with Crippen LogP contribution in [0.4, 0.5) is 0 Å². The Kier molecular flexibility index (Phi) is 4.30. The van der Waals surface area contributed by atoms with Crippen molar-refractivity contribution in [2.24, 2.45) is 22.8 Å². The van der Waals surface area contributed by atoms with Crippen LogP contribution in [0.3, 0.4) is 0 Å². The third-order valence-electron chi connectivity index (χ3n) is 7.98. The summed E-state index contributed by atoms with van der Waals surface area (Å²) in [4.78, 5) is 12.4. The molecule has 1 aromatic heterocycles. The Bertz CT molecular complexity index is 1290. The molecule has 3 aromatic rings. The largest absolute Gasteiger partial charge is 0.493 e. The fraction of sp³-hybridized carbons (Fsp3) is 0.444. The Labute approximate surface area is 193 Å². The molecular formula is C27H31N3O3. The molecule has 2 aliphatic carbocycles. The molecule has 6 rings (SSSR count). The highest BCUT2D eigenvalue weighted by atomic mass is 16.5. The van der Waals surface area contributed by atoms with E-state index in [0.717, 1.165) is 23.4 Å². The first-order valence-electron chi connectivity index (χ1n) is 11.8. The van der Waals surface area contributed by atoms with E-state index in [1.165, 1.54) is 30.9 Å². The van der Waals surface area contributed by atoms with Crippen LogP contribution in [0.25, 0.3) is 10.9 Å². The van der Waals surface area contributed by atoms with Gasteiger partial charge in [0.1, 0.15) is 5.75 Å².